The second-order valence-corrected chi connectivity index (χ2v) is 3.77. The molecule has 86 valence electrons. The molecule has 1 aromatic rings. The van der Waals surface area contributed by atoms with Crippen LogP contribution in [0.15, 0.2) is 18.6 Å². The number of carbonyl (C=O) groups excluding carboxylic acids is 1. The van der Waals surface area contributed by atoms with Gasteiger partial charge in [-0.25, -0.2) is 4.98 Å². The number of aromatic nitrogens is 2. The molecule has 2 rings (SSSR count). The number of hydrogen-bond donors (Lipinski definition) is 3. The van der Waals surface area contributed by atoms with E-state index < -0.39 is 0 Å². The van der Waals surface area contributed by atoms with Crippen LogP contribution in [-0.4, -0.2) is 46.7 Å². The van der Waals surface area contributed by atoms with E-state index in [2.05, 4.69) is 20.6 Å². The summed E-state index contributed by atoms with van der Waals surface area (Å²) in [4.78, 5) is 19.5. The fourth-order valence-corrected chi connectivity index (χ4v) is 1.75. The standard InChI is InChI=1S/C10H14N4O2/c15-6-7-3-12-4-8(7)14-10(16)9-5-11-1-2-13-9/h1-2,5,7-8,12,15H,3-4,6H2,(H,14,16)/t7-,8+/m0/s1. The van der Waals surface area contributed by atoms with Crippen molar-refractivity contribution in [2.75, 3.05) is 19.7 Å². The molecule has 0 unspecified atom stereocenters. The van der Waals surface area contributed by atoms with Gasteiger partial charge < -0.3 is 15.7 Å². The molecule has 1 saturated heterocycles. The summed E-state index contributed by atoms with van der Waals surface area (Å²) >= 11 is 0. The largest absolute Gasteiger partial charge is 0.396 e. The first-order valence-corrected chi connectivity index (χ1v) is 5.19. The van der Waals surface area contributed by atoms with E-state index in [9.17, 15) is 4.79 Å². The number of nitrogens with one attached hydrogen (secondary N) is 2. The smallest absolute Gasteiger partial charge is 0.271 e. The molecule has 0 bridgehead atoms. The summed E-state index contributed by atoms with van der Waals surface area (Å²) in [6.07, 6.45) is 4.42. The maximum atomic E-state index is 11.7. The highest BCUT2D eigenvalue weighted by Crippen LogP contribution is 2.08. The highest BCUT2D eigenvalue weighted by atomic mass is 16.3. The monoisotopic (exact) mass is 222 g/mol. The zero-order valence-electron chi connectivity index (χ0n) is 8.76. The molecular weight excluding hydrogens is 208 g/mol. The van der Waals surface area contributed by atoms with Gasteiger partial charge in [0.05, 0.1) is 6.20 Å². The van der Waals surface area contributed by atoms with Crippen LogP contribution in [0.4, 0.5) is 0 Å². The van der Waals surface area contributed by atoms with Crippen LogP contribution >= 0.6 is 0 Å². The van der Waals surface area contributed by atoms with Crippen molar-refractivity contribution in [3.05, 3.63) is 24.3 Å². The number of carbonyl (C=O) groups is 1. The predicted octanol–water partition coefficient (Wildman–Crippen LogP) is -1.21. The van der Waals surface area contributed by atoms with Gasteiger partial charge in [-0.15, -0.1) is 0 Å². The number of hydrogen-bond acceptors (Lipinski definition) is 5. The van der Waals surface area contributed by atoms with Crippen LogP contribution in [0.5, 0.6) is 0 Å². The van der Waals surface area contributed by atoms with E-state index in [1.807, 2.05) is 0 Å². The normalized spacial score (nSPS) is 24.3. The van der Waals surface area contributed by atoms with E-state index in [-0.39, 0.29) is 24.5 Å². The maximum absolute atomic E-state index is 11.7. The molecule has 1 fully saturated rings. The molecule has 0 spiro atoms. The molecule has 6 heteroatoms. The molecule has 6 nitrogen and oxygen atoms in total. The van der Waals surface area contributed by atoms with E-state index in [0.717, 1.165) is 6.54 Å². The average Bonchev–Trinajstić information content (AvgIpc) is 2.77. The van der Waals surface area contributed by atoms with Crippen LogP contribution in [-0.2, 0) is 0 Å². The molecule has 2 atom stereocenters. The summed E-state index contributed by atoms with van der Waals surface area (Å²) < 4.78 is 0. The van der Waals surface area contributed by atoms with Crippen molar-refractivity contribution >= 4 is 5.91 Å². The third-order valence-corrected chi connectivity index (χ3v) is 2.69. The third kappa shape index (κ3) is 2.34. The van der Waals surface area contributed by atoms with Crippen LogP contribution in [0.1, 0.15) is 10.5 Å². The number of aliphatic hydroxyl groups excluding tert-OH is 1. The van der Waals surface area contributed by atoms with Crippen LogP contribution in [0, 0.1) is 5.92 Å². The highest BCUT2D eigenvalue weighted by Gasteiger charge is 2.28. The number of aliphatic hydroxyl groups is 1. The first kappa shape index (κ1) is 11.0. The van der Waals surface area contributed by atoms with E-state index >= 15 is 0 Å². The Hall–Kier alpha value is -1.53. The van der Waals surface area contributed by atoms with Crippen molar-refractivity contribution in [1.82, 2.24) is 20.6 Å². The topological polar surface area (TPSA) is 87.1 Å². The zero-order valence-corrected chi connectivity index (χ0v) is 8.76. The molecule has 1 aliphatic heterocycles. The van der Waals surface area contributed by atoms with Gasteiger partial charge >= 0.3 is 0 Å². The van der Waals surface area contributed by atoms with Crippen molar-refractivity contribution in [3.63, 3.8) is 0 Å². The van der Waals surface area contributed by atoms with Gasteiger partial charge in [-0.1, -0.05) is 0 Å². The van der Waals surface area contributed by atoms with Gasteiger partial charge in [0.2, 0.25) is 0 Å². The number of amides is 1. The Labute approximate surface area is 93.1 Å². The summed E-state index contributed by atoms with van der Waals surface area (Å²) in [5.41, 5.74) is 0.297. The fraction of sp³-hybridized carbons (Fsp3) is 0.500. The third-order valence-electron chi connectivity index (χ3n) is 2.69. The first-order chi connectivity index (χ1) is 7.81. The molecule has 1 aromatic heterocycles. The van der Waals surface area contributed by atoms with Gasteiger partial charge in [0.25, 0.3) is 5.91 Å². The van der Waals surface area contributed by atoms with Gasteiger partial charge in [-0.2, -0.15) is 0 Å². The van der Waals surface area contributed by atoms with Crippen molar-refractivity contribution in [1.29, 1.82) is 0 Å². The average molecular weight is 222 g/mol. The minimum absolute atomic E-state index is 0.0421. The minimum Gasteiger partial charge on any atom is -0.396 e. The van der Waals surface area contributed by atoms with Gasteiger partial charge in [0.1, 0.15) is 5.69 Å². The molecule has 2 heterocycles. The van der Waals surface area contributed by atoms with Gasteiger partial charge in [-0.05, 0) is 0 Å². The zero-order chi connectivity index (χ0) is 11.4. The second-order valence-electron chi connectivity index (χ2n) is 3.77. The Morgan fingerprint density at radius 3 is 3.12 bits per heavy atom. The highest BCUT2D eigenvalue weighted by molar-refractivity contribution is 5.92. The summed E-state index contributed by atoms with van der Waals surface area (Å²) in [6.45, 7) is 1.47. The summed E-state index contributed by atoms with van der Waals surface area (Å²) in [5.74, 6) is -0.180. The Morgan fingerprint density at radius 2 is 2.44 bits per heavy atom. The Kier molecular flexibility index (Phi) is 3.43. The predicted molar refractivity (Wildman–Crippen MR) is 56.7 cm³/mol. The van der Waals surface area contributed by atoms with Crippen LogP contribution in [0.2, 0.25) is 0 Å². The van der Waals surface area contributed by atoms with Crippen molar-refractivity contribution in [2.45, 2.75) is 6.04 Å². The first-order valence-electron chi connectivity index (χ1n) is 5.19. The lowest BCUT2D eigenvalue weighted by Crippen LogP contribution is -2.41. The molecule has 0 saturated carbocycles. The molecule has 3 N–H and O–H groups in total. The lowest BCUT2D eigenvalue weighted by atomic mass is 10.1. The van der Waals surface area contributed by atoms with E-state index in [0.29, 0.717) is 12.2 Å². The molecule has 0 aliphatic carbocycles. The van der Waals surface area contributed by atoms with Crippen LogP contribution < -0.4 is 10.6 Å². The molecule has 16 heavy (non-hydrogen) atoms. The molecular formula is C10H14N4O2. The Balaban J connectivity index is 1.97. The second kappa shape index (κ2) is 5.00. The number of rotatable bonds is 3. The summed E-state index contributed by atoms with van der Waals surface area (Å²) in [5, 5.41) is 15.1. The molecule has 1 amide bonds. The van der Waals surface area contributed by atoms with Crippen LogP contribution in [0.3, 0.4) is 0 Å². The minimum atomic E-state index is -0.250. The van der Waals surface area contributed by atoms with Crippen molar-refractivity contribution in [2.24, 2.45) is 5.92 Å². The Morgan fingerprint density at radius 1 is 1.56 bits per heavy atom. The lowest BCUT2D eigenvalue weighted by Gasteiger charge is -2.17. The van der Waals surface area contributed by atoms with Crippen LogP contribution in [0.25, 0.3) is 0 Å². The van der Waals surface area contributed by atoms with Crippen molar-refractivity contribution < 1.29 is 9.90 Å². The van der Waals surface area contributed by atoms with Gasteiger partial charge in [0.15, 0.2) is 0 Å². The van der Waals surface area contributed by atoms with E-state index in [1.165, 1.54) is 18.6 Å². The Bertz CT molecular complexity index is 357. The van der Waals surface area contributed by atoms with Gasteiger partial charge in [-0.3, -0.25) is 9.78 Å². The summed E-state index contributed by atoms with van der Waals surface area (Å²) in [6, 6.07) is -0.0421. The lowest BCUT2D eigenvalue weighted by molar-refractivity contribution is 0.0916. The SMILES string of the molecule is O=C(N[C@@H]1CNC[C@H]1CO)c1cnccn1. The summed E-state index contributed by atoms with van der Waals surface area (Å²) in [7, 11) is 0. The molecule has 0 radical (unpaired) electrons. The number of nitrogens with zero attached hydrogens (tertiary/aromatic N) is 2. The quantitative estimate of drug-likeness (QED) is 0.597. The fourth-order valence-electron chi connectivity index (χ4n) is 1.75. The maximum Gasteiger partial charge on any atom is 0.271 e. The van der Waals surface area contributed by atoms with Crippen molar-refractivity contribution in [3.8, 4) is 0 Å². The molecule has 0 aromatic carbocycles. The molecule has 1 aliphatic rings. The van der Waals surface area contributed by atoms with E-state index in [1.54, 1.807) is 0 Å². The van der Waals surface area contributed by atoms with E-state index in [4.69, 9.17) is 5.11 Å². The van der Waals surface area contributed by atoms with Gasteiger partial charge in [0, 0.05) is 44.0 Å².